The average Bonchev–Trinajstić information content (AvgIpc) is 2.18. The number of hydrogen-bond donors (Lipinski definition) is 1. The van der Waals surface area contributed by atoms with Gasteiger partial charge >= 0.3 is 0 Å². The molecule has 1 nitrogen and oxygen atoms in total. The molecule has 76 valence electrons. The summed E-state index contributed by atoms with van der Waals surface area (Å²) in [4.78, 5) is 0. The fourth-order valence-electron chi connectivity index (χ4n) is 2.64. The molecule has 0 radical (unpaired) electrons. The first kappa shape index (κ1) is 10.8. The predicted octanol–water partition coefficient (Wildman–Crippen LogP) is 3.00. The number of hydrogen-bond acceptors (Lipinski definition) is 1. The smallest absolute Gasteiger partial charge is 0.0465 e. The van der Waals surface area contributed by atoms with Crippen molar-refractivity contribution < 1.29 is 5.11 Å². The van der Waals surface area contributed by atoms with Crippen molar-refractivity contribution in [2.75, 3.05) is 6.61 Å². The van der Waals surface area contributed by atoms with Crippen molar-refractivity contribution in [2.45, 2.75) is 39.5 Å². The van der Waals surface area contributed by atoms with Crippen LogP contribution in [0.3, 0.4) is 0 Å². The van der Waals surface area contributed by atoms with Gasteiger partial charge in [0.2, 0.25) is 0 Å². The zero-order chi connectivity index (χ0) is 9.68. The van der Waals surface area contributed by atoms with Crippen molar-refractivity contribution in [1.29, 1.82) is 0 Å². The maximum absolute atomic E-state index is 9.27. The Balaban J connectivity index is 2.63. The molecule has 13 heavy (non-hydrogen) atoms. The monoisotopic (exact) mass is 182 g/mol. The van der Waals surface area contributed by atoms with Crippen LogP contribution < -0.4 is 0 Å². The van der Waals surface area contributed by atoms with Crippen LogP contribution in [0.4, 0.5) is 0 Å². The standard InChI is InChI=1S/C12H22O/c1-3-6-12-10(4-2)7-5-8-11(12)9-13/h3,6,10-13H,4-5,7-9H2,1-2H3/b6-3-/t10?,11-,12?/m1/s1. The van der Waals surface area contributed by atoms with Crippen LogP contribution in [0.5, 0.6) is 0 Å². The van der Waals surface area contributed by atoms with Crippen molar-refractivity contribution in [3.63, 3.8) is 0 Å². The van der Waals surface area contributed by atoms with Gasteiger partial charge < -0.3 is 5.11 Å². The summed E-state index contributed by atoms with van der Waals surface area (Å²) in [7, 11) is 0. The Morgan fingerprint density at radius 3 is 2.54 bits per heavy atom. The maximum atomic E-state index is 9.27. The fourth-order valence-corrected chi connectivity index (χ4v) is 2.64. The molecule has 3 atom stereocenters. The molecule has 1 N–H and O–H groups in total. The summed E-state index contributed by atoms with van der Waals surface area (Å²) >= 11 is 0. The number of aliphatic hydroxyl groups excluding tert-OH is 1. The Morgan fingerprint density at radius 2 is 2.00 bits per heavy atom. The third kappa shape index (κ3) is 2.57. The summed E-state index contributed by atoms with van der Waals surface area (Å²) < 4.78 is 0. The Kier molecular flexibility index (Phi) is 4.51. The highest BCUT2D eigenvalue weighted by Crippen LogP contribution is 2.37. The highest BCUT2D eigenvalue weighted by Gasteiger charge is 2.29. The van der Waals surface area contributed by atoms with Gasteiger partial charge in [0.25, 0.3) is 0 Å². The highest BCUT2D eigenvalue weighted by molar-refractivity contribution is 4.95. The van der Waals surface area contributed by atoms with Gasteiger partial charge in [-0.15, -0.1) is 0 Å². The zero-order valence-electron chi connectivity index (χ0n) is 8.87. The lowest BCUT2D eigenvalue weighted by Gasteiger charge is -2.35. The molecule has 1 saturated carbocycles. The Hall–Kier alpha value is -0.300. The van der Waals surface area contributed by atoms with E-state index in [4.69, 9.17) is 0 Å². The van der Waals surface area contributed by atoms with Gasteiger partial charge in [-0.1, -0.05) is 31.9 Å². The van der Waals surface area contributed by atoms with E-state index in [2.05, 4.69) is 26.0 Å². The van der Waals surface area contributed by atoms with E-state index in [1.807, 2.05) is 0 Å². The fraction of sp³-hybridized carbons (Fsp3) is 0.833. The SMILES string of the molecule is C/C=C\C1C(CC)CCC[C@@H]1CO. The van der Waals surface area contributed by atoms with Crippen LogP contribution >= 0.6 is 0 Å². The van der Waals surface area contributed by atoms with Crippen LogP contribution in [0.15, 0.2) is 12.2 Å². The molecule has 0 aliphatic heterocycles. The molecule has 0 spiro atoms. The second kappa shape index (κ2) is 5.43. The van der Waals surface area contributed by atoms with Crippen LogP contribution in [-0.4, -0.2) is 11.7 Å². The minimum absolute atomic E-state index is 0.367. The molecule has 0 bridgehead atoms. The van der Waals surface area contributed by atoms with E-state index < -0.39 is 0 Å². The van der Waals surface area contributed by atoms with Crippen LogP contribution in [0, 0.1) is 17.8 Å². The summed E-state index contributed by atoms with van der Waals surface area (Å²) in [6, 6.07) is 0. The van der Waals surface area contributed by atoms with Crippen molar-refractivity contribution >= 4 is 0 Å². The van der Waals surface area contributed by atoms with Gasteiger partial charge in [0.1, 0.15) is 0 Å². The average molecular weight is 182 g/mol. The molecule has 0 aromatic carbocycles. The molecule has 0 aromatic rings. The van der Waals surface area contributed by atoms with Gasteiger partial charge in [0.05, 0.1) is 0 Å². The minimum Gasteiger partial charge on any atom is -0.396 e. The molecular formula is C12H22O. The second-order valence-electron chi connectivity index (χ2n) is 4.15. The predicted molar refractivity (Wildman–Crippen MR) is 56.5 cm³/mol. The molecule has 0 aromatic heterocycles. The summed E-state index contributed by atoms with van der Waals surface area (Å²) in [5, 5.41) is 9.27. The lowest BCUT2D eigenvalue weighted by atomic mass is 9.71. The van der Waals surface area contributed by atoms with E-state index in [0.717, 1.165) is 5.92 Å². The van der Waals surface area contributed by atoms with E-state index >= 15 is 0 Å². The molecular weight excluding hydrogens is 160 g/mol. The van der Waals surface area contributed by atoms with E-state index in [9.17, 15) is 5.11 Å². The van der Waals surface area contributed by atoms with E-state index in [0.29, 0.717) is 18.4 Å². The summed E-state index contributed by atoms with van der Waals surface area (Å²) in [5.41, 5.74) is 0. The third-order valence-electron chi connectivity index (χ3n) is 3.41. The number of aliphatic hydroxyl groups is 1. The van der Waals surface area contributed by atoms with Crippen LogP contribution in [0.2, 0.25) is 0 Å². The second-order valence-corrected chi connectivity index (χ2v) is 4.15. The molecule has 2 unspecified atom stereocenters. The van der Waals surface area contributed by atoms with E-state index in [1.165, 1.54) is 25.7 Å². The first-order valence-electron chi connectivity index (χ1n) is 5.57. The van der Waals surface area contributed by atoms with E-state index in [-0.39, 0.29) is 0 Å². The zero-order valence-corrected chi connectivity index (χ0v) is 8.87. The summed E-state index contributed by atoms with van der Waals surface area (Å²) in [6.45, 7) is 4.71. The van der Waals surface area contributed by atoms with Gasteiger partial charge in [-0.25, -0.2) is 0 Å². The maximum Gasteiger partial charge on any atom is 0.0465 e. The molecule has 0 amide bonds. The van der Waals surface area contributed by atoms with Gasteiger partial charge in [-0.2, -0.15) is 0 Å². The summed E-state index contributed by atoms with van der Waals surface area (Å²) in [6.07, 6.45) is 9.56. The lowest BCUT2D eigenvalue weighted by molar-refractivity contribution is 0.115. The summed E-state index contributed by atoms with van der Waals surface area (Å²) in [5.74, 6) is 1.96. The number of rotatable bonds is 3. The first-order valence-corrected chi connectivity index (χ1v) is 5.57. The molecule has 1 aliphatic carbocycles. The van der Waals surface area contributed by atoms with Crippen molar-refractivity contribution in [2.24, 2.45) is 17.8 Å². The van der Waals surface area contributed by atoms with Gasteiger partial charge in [-0.05, 0) is 37.5 Å². The van der Waals surface area contributed by atoms with Gasteiger partial charge in [0, 0.05) is 6.61 Å². The Bertz CT molecular complexity index is 151. The minimum atomic E-state index is 0.367. The molecule has 1 heteroatoms. The quantitative estimate of drug-likeness (QED) is 0.665. The molecule has 1 fully saturated rings. The number of allylic oxidation sites excluding steroid dienone is 2. The molecule has 1 aliphatic rings. The van der Waals surface area contributed by atoms with Crippen molar-refractivity contribution in [3.05, 3.63) is 12.2 Å². The Morgan fingerprint density at radius 1 is 1.31 bits per heavy atom. The van der Waals surface area contributed by atoms with Crippen LogP contribution in [-0.2, 0) is 0 Å². The van der Waals surface area contributed by atoms with Crippen molar-refractivity contribution in [1.82, 2.24) is 0 Å². The molecule has 0 heterocycles. The molecule has 1 rings (SSSR count). The van der Waals surface area contributed by atoms with Gasteiger partial charge in [0.15, 0.2) is 0 Å². The van der Waals surface area contributed by atoms with Crippen LogP contribution in [0.1, 0.15) is 39.5 Å². The van der Waals surface area contributed by atoms with Crippen molar-refractivity contribution in [3.8, 4) is 0 Å². The topological polar surface area (TPSA) is 20.2 Å². The normalized spacial score (nSPS) is 35.5. The first-order chi connectivity index (χ1) is 6.33. The van der Waals surface area contributed by atoms with E-state index in [1.54, 1.807) is 0 Å². The van der Waals surface area contributed by atoms with Crippen LogP contribution in [0.25, 0.3) is 0 Å². The third-order valence-corrected chi connectivity index (χ3v) is 3.41. The highest BCUT2D eigenvalue weighted by atomic mass is 16.3. The Labute approximate surface area is 81.9 Å². The molecule has 0 saturated heterocycles. The lowest BCUT2D eigenvalue weighted by Crippen LogP contribution is -2.28. The van der Waals surface area contributed by atoms with Gasteiger partial charge in [-0.3, -0.25) is 0 Å². The largest absolute Gasteiger partial charge is 0.396 e.